The number of ether oxygens (including phenoxy) is 3. The van der Waals surface area contributed by atoms with Gasteiger partial charge in [0.15, 0.2) is 24.1 Å². The van der Waals surface area contributed by atoms with Gasteiger partial charge in [0, 0.05) is 39.3 Å². The topological polar surface area (TPSA) is 156 Å². The lowest BCUT2D eigenvalue weighted by molar-refractivity contribution is -0.135. The van der Waals surface area contributed by atoms with E-state index in [2.05, 4.69) is 0 Å². The molecule has 188 valence electrons. The number of hydrogen-bond donors (Lipinski definition) is 4. The molecule has 0 bridgehead atoms. The van der Waals surface area contributed by atoms with Gasteiger partial charge >= 0.3 is 5.97 Å². The molecule has 3 aromatic carbocycles. The summed E-state index contributed by atoms with van der Waals surface area (Å²) >= 11 is 6.37. The van der Waals surface area contributed by atoms with Gasteiger partial charge in [-0.15, -0.1) is 0 Å². The lowest BCUT2D eigenvalue weighted by Crippen LogP contribution is -2.23. The quantitative estimate of drug-likeness (QED) is 0.170. The average molecular weight is 525 g/mol. The van der Waals surface area contributed by atoms with Crippen LogP contribution in [0.15, 0.2) is 45.6 Å². The number of phenolic OH excluding ortho intramolecular Hbond substituents is 3. The zero-order valence-corrected chi connectivity index (χ0v) is 19.5. The number of carbonyl (C=O) groups is 1. The van der Waals surface area contributed by atoms with E-state index in [0.717, 1.165) is 18.2 Å². The van der Waals surface area contributed by atoms with Crippen LogP contribution < -0.4 is 14.9 Å². The molecule has 10 nitrogen and oxygen atoms in total. The minimum absolute atomic E-state index is 0.0145. The number of carbonyl (C=O) groups excluding carboxylic acids is 1. The first-order valence-electron chi connectivity index (χ1n) is 11.0. The molecule has 0 fully saturated rings. The van der Waals surface area contributed by atoms with Crippen LogP contribution in [0.2, 0.25) is 5.02 Å². The van der Waals surface area contributed by atoms with Crippen LogP contribution in [-0.2, 0) is 16.1 Å². The summed E-state index contributed by atoms with van der Waals surface area (Å²) in [5.74, 6) is -3.57. The molecule has 6 rings (SSSR count). The Kier molecular flexibility index (Phi) is 5.18. The number of phenols is 3. The lowest BCUT2D eigenvalue weighted by Gasteiger charge is -2.29. The van der Waals surface area contributed by atoms with Crippen molar-refractivity contribution in [1.29, 1.82) is 0 Å². The molecule has 4 N–H and O–H groups in total. The molecule has 0 amide bonds. The third-order valence-corrected chi connectivity index (χ3v) is 6.60. The summed E-state index contributed by atoms with van der Waals surface area (Å²) < 4.78 is 22.5. The fourth-order valence-corrected chi connectivity index (χ4v) is 5.02. The highest BCUT2D eigenvalue weighted by atomic mass is 35.5. The third kappa shape index (κ3) is 3.61. The monoisotopic (exact) mass is 524 g/mol. The summed E-state index contributed by atoms with van der Waals surface area (Å²) in [6, 6.07) is 8.03. The standard InChI is InChI=1S/C26H17ClO10/c27-12-3-11-8-34-9-35-24(11)14(5-12)13-6-19(31)36-18-7-17(30)21-22(32)23(33)25(37-26(21)20(13)18)10-1-2-15(28)16(29)4-10/h1-5,7,13,28-30,33H,6,8-9H2/t13-/m1/s1. The van der Waals surface area contributed by atoms with Crippen LogP contribution in [0.25, 0.3) is 22.3 Å². The van der Waals surface area contributed by atoms with Crippen molar-refractivity contribution in [3.63, 3.8) is 0 Å². The molecule has 3 heterocycles. The highest BCUT2D eigenvalue weighted by Crippen LogP contribution is 2.50. The third-order valence-electron chi connectivity index (χ3n) is 6.38. The first-order valence-corrected chi connectivity index (χ1v) is 11.4. The van der Waals surface area contributed by atoms with Gasteiger partial charge in [0.2, 0.25) is 11.2 Å². The van der Waals surface area contributed by atoms with E-state index in [1.807, 2.05) is 0 Å². The van der Waals surface area contributed by atoms with Gasteiger partial charge in [-0.2, -0.15) is 0 Å². The Morgan fingerprint density at radius 3 is 2.54 bits per heavy atom. The second-order valence-corrected chi connectivity index (χ2v) is 9.09. The number of rotatable bonds is 2. The van der Waals surface area contributed by atoms with E-state index in [0.29, 0.717) is 21.9 Å². The number of aromatic hydroxyl groups is 4. The van der Waals surface area contributed by atoms with Crippen LogP contribution in [0.1, 0.15) is 29.0 Å². The minimum atomic E-state index is -0.947. The largest absolute Gasteiger partial charge is 0.507 e. The second-order valence-electron chi connectivity index (χ2n) is 8.65. The molecule has 0 aliphatic carbocycles. The second kappa shape index (κ2) is 8.32. The van der Waals surface area contributed by atoms with Crippen molar-refractivity contribution in [1.82, 2.24) is 0 Å². The Labute approximate surface area is 212 Å². The molecule has 4 aromatic rings. The van der Waals surface area contributed by atoms with Gasteiger partial charge in [-0.05, 0) is 30.3 Å². The first kappa shape index (κ1) is 23.0. The summed E-state index contributed by atoms with van der Waals surface area (Å²) in [5, 5.41) is 41.0. The fourth-order valence-electron chi connectivity index (χ4n) is 4.78. The van der Waals surface area contributed by atoms with E-state index < -0.39 is 40.3 Å². The van der Waals surface area contributed by atoms with Gasteiger partial charge in [-0.3, -0.25) is 9.59 Å². The maximum absolute atomic E-state index is 13.2. The zero-order valence-electron chi connectivity index (χ0n) is 18.8. The Hall–Kier alpha value is -4.41. The average Bonchev–Trinajstić information content (AvgIpc) is 2.86. The van der Waals surface area contributed by atoms with Crippen molar-refractivity contribution in [2.75, 3.05) is 6.79 Å². The maximum Gasteiger partial charge on any atom is 0.312 e. The summed E-state index contributed by atoms with van der Waals surface area (Å²) in [7, 11) is 0. The molecule has 1 aromatic heterocycles. The van der Waals surface area contributed by atoms with Gasteiger partial charge in [-0.1, -0.05) is 11.6 Å². The van der Waals surface area contributed by atoms with E-state index in [1.54, 1.807) is 12.1 Å². The van der Waals surface area contributed by atoms with Crippen molar-refractivity contribution in [3.05, 3.63) is 68.3 Å². The Balaban J connectivity index is 1.68. The number of esters is 1. The number of halogens is 1. The smallest absolute Gasteiger partial charge is 0.312 e. The molecule has 1 atom stereocenters. The van der Waals surface area contributed by atoms with Crippen molar-refractivity contribution in [3.8, 4) is 45.8 Å². The number of fused-ring (bicyclic) bond motifs is 4. The van der Waals surface area contributed by atoms with Crippen molar-refractivity contribution in [2.45, 2.75) is 18.9 Å². The number of hydrogen-bond acceptors (Lipinski definition) is 10. The van der Waals surface area contributed by atoms with Gasteiger partial charge < -0.3 is 39.1 Å². The predicted molar refractivity (Wildman–Crippen MR) is 128 cm³/mol. The first-order chi connectivity index (χ1) is 17.7. The molecule has 0 spiro atoms. The Bertz CT molecular complexity index is 1690. The molecule has 0 unspecified atom stereocenters. The van der Waals surface area contributed by atoms with E-state index in [1.165, 1.54) is 6.07 Å². The summed E-state index contributed by atoms with van der Waals surface area (Å²) in [4.78, 5) is 25.8. The van der Waals surface area contributed by atoms with E-state index in [4.69, 9.17) is 30.2 Å². The summed E-state index contributed by atoms with van der Waals surface area (Å²) in [6.07, 6.45) is -0.163. The molecule has 2 aliphatic rings. The maximum atomic E-state index is 13.2. The highest BCUT2D eigenvalue weighted by Gasteiger charge is 2.37. The van der Waals surface area contributed by atoms with Crippen LogP contribution in [-0.4, -0.2) is 33.2 Å². The van der Waals surface area contributed by atoms with Gasteiger partial charge in [-0.25, -0.2) is 0 Å². The molecule has 0 saturated heterocycles. The molecule has 37 heavy (non-hydrogen) atoms. The van der Waals surface area contributed by atoms with Crippen LogP contribution in [0, 0.1) is 0 Å². The van der Waals surface area contributed by atoms with Crippen LogP contribution in [0.5, 0.6) is 34.5 Å². The van der Waals surface area contributed by atoms with E-state index in [9.17, 15) is 30.0 Å². The fraction of sp³-hybridized carbons (Fsp3) is 0.154. The molecule has 0 radical (unpaired) electrons. The zero-order chi connectivity index (χ0) is 26.0. The molecule has 2 aliphatic heterocycles. The molecule has 0 saturated carbocycles. The van der Waals surface area contributed by atoms with Gasteiger partial charge in [0.05, 0.1) is 13.0 Å². The normalized spacial score (nSPS) is 16.6. The SMILES string of the molecule is O=C1C[C@H](c2cc(Cl)cc3c2OCOC3)c2c(cc(O)c3c(=O)c(O)c(-c4ccc(O)c(O)c4)oc23)O1. The highest BCUT2D eigenvalue weighted by molar-refractivity contribution is 6.30. The van der Waals surface area contributed by atoms with Crippen LogP contribution in [0.4, 0.5) is 0 Å². The number of benzene rings is 3. The lowest BCUT2D eigenvalue weighted by atomic mass is 9.83. The van der Waals surface area contributed by atoms with Crippen molar-refractivity contribution >= 4 is 28.5 Å². The minimum Gasteiger partial charge on any atom is -0.507 e. The summed E-state index contributed by atoms with van der Waals surface area (Å²) in [6.45, 7) is 0.222. The van der Waals surface area contributed by atoms with E-state index in [-0.39, 0.29) is 53.4 Å². The van der Waals surface area contributed by atoms with Crippen LogP contribution in [0.3, 0.4) is 0 Å². The van der Waals surface area contributed by atoms with Crippen LogP contribution >= 0.6 is 11.6 Å². The van der Waals surface area contributed by atoms with Crippen molar-refractivity contribution < 1.29 is 43.8 Å². The Morgan fingerprint density at radius 2 is 1.76 bits per heavy atom. The molecular weight excluding hydrogens is 508 g/mol. The Morgan fingerprint density at radius 1 is 0.946 bits per heavy atom. The van der Waals surface area contributed by atoms with Gasteiger partial charge in [0.25, 0.3) is 0 Å². The molecule has 11 heteroatoms. The van der Waals surface area contributed by atoms with E-state index >= 15 is 0 Å². The summed E-state index contributed by atoms with van der Waals surface area (Å²) in [5.41, 5.74) is 0.435. The molecular formula is C26H17ClO10. The predicted octanol–water partition coefficient (Wildman–Crippen LogP) is 4.24. The van der Waals surface area contributed by atoms with Gasteiger partial charge in [0.1, 0.15) is 28.2 Å². The van der Waals surface area contributed by atoms with Crippen molar-refractivity contribution in [2.24, 2.45) is 0 Å².